The minimum Gasteiger partial charge on any atom is -0.330 e. The van der Waals surface area contributed by atoms with Crippen molar-refractivity contribution in [1.29, 1.82) is 0 Å². The summed E-state index contributed by atoms with van der Waals surface area (Å²) in [5.41, 5.74) is 3.19. The second-order valence-electron chi connectivity index (χ2n) is 8.89. The van der Waals surface area contributed by atoms with Crippen molar-refractivity contribution in [2.24, 2.45) is 22.7 Å². The van der Waals surface area contributed by atoms with Crippen LogP contribution in [0.2, 0.25) is 0 Å². The van der Waals surface area contributed by atoms with Gasteiger partial charge in [-0.2, -0.15) is 0 Å². The lowest BCUT2D eigenvalue weighted by Gasteiger charge is -2.44. The van der Waals surface area contributed by atoms with Gasteiger partial charge in [0.05, 0.1) is 0 Å². The minimum absolute atomic E-state index is 0.249. The molecule has 1 unspecified atom stereocenters. The zero-order valence-corrected chi connectivity index (χ0v) is 17.1. The average molecular weight is 337 g/mol. The predicted molar refractivity (Wildman–Crippen MR) is 105 cm³/mol. The Morgan fingerprint density at radius 2 is 1.43 bits per heavy atom. The highest BCUT2D eigenvalue weighted by Crippen LogP contribution is 2.49. The van der Waals surface area contributed by atoms with E-state index < -0.39 is 0 Å². The standard InChI is InChI=1S/C21H36OS/c1-15(2)20(5,6)13-19(21(7,8)16(3)4)18-11-9-17(10-12-18)14-23-22/h9-12,15-16,19,22H,13-14H2,1-8H3. The van der Waals surface area contributed by atoms with E-state index in [1.807, 2.05) is 0 Å². The van der Waals surface area contributed by atoms with Crippen molar-refractivity contribution in [3.63, 3.8) is 0 Å². The first-order valence-electron chi connectivity index (χ1n) is 8.87. The van der Waals surface area contributed by atoms with Crippen LogP contribution in [-0.4, -0.2) is 4.55 Å². The molecule has 0 bridgehead atoms. The second kappa shape index (κ2) is 8.07. The van der Waals surface area contributed by atoms with E-state index in [2.05, 4.69) is 79.7 Å². The van der Waals surface area contributed by atoms with Crippen molar-refractivity contribution >= 4 is 12.0 Å². The number of hydrogen-bond acceptors (Lipinski definition) is 2. The Morgan fingerprint density at radius 3 is 1.83 bits per heavy atom. The second-order valence-corrected chi connectivity index (χ2v) is 9.44. The maximum atomic E-state index is 9.03. The van der Waals surface area contributed by atoms with E-state index in [4.69, 9.17) is 4.55 Å². The van der Waals surface area contributed by atoms with Gasteiger partial charge in [0, 0.05) is 5.75 Å². The van der Waals surface area contributed by atoms with Gasteiger partial charge in [-0.25, -0.2) is 0 Å². The van der Waals surface area contributed by atoms with Crippen molar-refractivity contribution in [3.8, 4) is 0 Å². The van der Waals surface area contributed by atoms with Crippen LogP contribution >= 0.6 is 12.0 Å². The fraction of sp³-hybridized carbons (Fsp3) is 0.714. The van der Waals surface area contributed by atoms with E-state index in [9.17, 15) is 0 Å². The summed E-state index contributed by atoms with van der Waals surface area (Å²) in [6.07, 6.45) is 1.20. The van der Waals surface area contributed by atoms with Gasteiger partial charge in [-0.05, 0) is 58.2 Å². The highest BCUT2D eigenvalue weighted by molar-refractivity contribution is 7.92. The lowest BCUT2D eigenvalue weighted by atomic mass is 9.61. The van der Waals surface area contributed by atoms with Gasteiger partial charge >= 0.3 is 0 Å². The van der Waals surface area contributed by atoms with Crippen molar-refractivity contribution in [2.45, 2.75) is 73.5 Å². The molecule has 1 N–H and O–H groups in total. The van der Waals surface area contributed by atoms with E-state index >= 15 is 0 Å². The summed E-state index contributed by atoms with van der Waals surface area (Å²) >= 11 is 0.893. The molecular formula is C21H36OS. The Kier molecular flexibility index (Phi) is 7.22. The van der Waals surface area contributed by atoms with Gasteiger partial charge in [-0.1, -0.05) is 79.7 Å². The van der Waals surface area contributed by atoms with Crippen LogP contribution in [0.25, 0.3) is 0 Å². The average Bonchev–Trinajstić information content (AvgIpc) is 2.45. The van der Waals surface area contributed by atoms with E-state index in [1.165, 1.54) is 17.5 Å². The molecule has 0 aromatic heterocycles. The van der Waals surface area contributed by atoms with Crippen molar-refractivity contribution < 1.29 is 4.55 Å². The van der Waals surface area contributed by atoms with Crippen LogP contribution in [0.5, 0.6) is 0 Å². The third-order valence-electron chi connectivity index (χ3n) is 6.29. The molecule has 0 heterocycles. The summed E-state index contributed by atoms with van der Waals surface area (Å²) < 4.78 is 9.03. The Bertz CT molecular complexity index is 471. The topological polar surface area (TPSA) is 20.2 Å². The largest absolute Gasteiger partial charge is 0.330 e. The lowest BCUT2D eigenvalue weighted by molar-refractivity contribution is 0.118. The molecular weight excluding hydrogens is 300 g/mol. The summed E-state index contributed by atoms with van der Waals surface area (Å²) in [7, 11) is 0. The molecule has 1 nitrogen and oxygen atoms in total. The quantitative estimate of drug-likeness (QED) is 0.505. The number of benzene rings is 1. The van der Waals surface area contributed by atoms with Crippen LogP contribution in [0.15, 0.2) is 24.3 Å². The van der Waals surface area contributed by atoms with Gasteiger partial charge in [0.2, 0.25) is 0 Å². The smallest absolute Gasteiger partial charge is 0.0446 e. The third-order valence-corrected chi connectivity index (χ3v) is 6.76. The minimum atomic E-state index is 0.249. The van der Waals surface area contributed by atoms with Crippen LogP contribution in [0.4, 0.5) is 0 Å². The molecule has 0 fully saturated rings. The maximum Gasteiger partial charge on any atom is 0.0446 e. The van der Waals surface area contributed by atoms with Gasteiger partial charge < -0.3 is 4.55 Å². The first kappa shape index (κ1) is 20.6. The Labute approximate surface area is 148 Å². The van der Waals surface area contributed by atoms with E-state index in [-0.39, 0.29) is 5.41 Å². The monoisotopic (exact) mass is 336 g/mol. The fourth-order valence-corrected chi connectivity index (χ4v) is 3.24. The number of hydrogen-bond donors (Lipinski definition) is 1. The Hall–Kier alpha value is -0.470. The van der Waals surface area contributed by atoms with Crippen molar-refractivity contribution in [1.82, 2.24) is 0 Å². The summed E-state index contributed by atoms with van der Waals surface area (Å²) in [5, 5.41) is 0. The highest BCUT2D eigenvalue weighted by atomic mass is 32.2. The van der Waals surface area contributed by atoms with Crippen molar-refractivity contribution in [2.75, 3.05) is 0 Å². The molecule has 23 heavy (non-hydrogen) atoms. The van der Waals surface area contributed by atoms with Gasteiger partial charge in [0.25, 0.3) is 0 Å². The molecule has 0 saturated carbocycles. The maximum absolute atomic E-state index is 9.03. The molecule has 132 valence electrons. The summed E-state index contributed by atoms with van der Waals surface area (Å²) in [6, 6.07) is 8.89. The van der Waals surface area contributed by atoms with Crippen LogP contribution in [0.1, 0.15) is 78.9 Å². The van der Waals surface area contributed by atoms with Crippen molar-refractivity contribution in [3.05, 3.63) is 35.4 Å². The summed E-state index contributed by atoms with van der Waals surface area (Å²) in [4.78, 5) is 0. The molecule has 0 aliphatic heterocycles. The lowest BCUT2D eigenvalue weighted by Crippen LogP contribution is -2.33. The SMILES string of the molecule is CC(C)C(C)(C)CC(c1ccc(CSO)cc1)C(C)(C)C(C)C. The third kappa shape index (κ3) is 5.26. The molecule has 2 heteroatoms. The van der Waals surface area contributed by atoms with Gasteiger partial charge in [0.15, 0.2) is 0 Å². The molecule has 0 aliphatic rings. The fourth-order valence-electron chi connectivity index (χ4n) is 2.90. The Morgan fingerprint density at radius 1 is 0.913 bits per heavy atom. The summed E-state index contributed by atoms with van der Waals surface area (Å²) in [5.74, 6) is 2.49. The van der Waals surface area contributed by atoms with Crippen LogP contribution in [0, 0.1) is 22.7 Å². The normalized spacial score (nSPS) is 14.6. The van der Waals surface area contributed by atoms with E-state index in [0.717, 1.165) is 12.0 Å². The molecule has 0 spiro atoms. The van der Waals surface area contributed by atoms with Crippen LogP contribution in [-0.2, 0) is 5.75 Å². The zero-order valence-electron chi connectivity index (χ0n) is 16.3. The number of rotatable bonds is 8. The molecule has 0 aliphatic carbocycles. The first-order valence-corrected chi connectivity index (χ1v) is 9.81. The highest BCUT2D eigenvalue weighted by Gasteiger charge is 2.38. The Balaban J connectivity index is 3.18. The molecule has 0 amide bonds. The van der Waals surface area contributed by atoms with Gasteiger partial charge in [-0.3, -0.25) is 0 Å². The molecule has 1 aromatic carbocycles. The molecule has 0 radical (unpaired) electrons. The van der Waals surface area contributed by atoms with Gasteiger partial charge in [-0.15, -0.1) is 0 Å². The van der Waals surface area contributed by atoms with E-state index in [0.29, 0.717) is 28.9 Å². The van der Waals surface area contributed by atoms with Gasteiger partial charge in [0.1, 0.15) is 0 Å². The zero-order chi connectivity index (χ0) is 17.8. The predicted octanol–water partition coefficient (Wildman–Crippen LogP) is 7.23. The first-order chi connectivity index (χ1) is 10.5. The summed E-state index contributed by atoms with van der Waals surface area (Å²) in [6.45, 7) is 19.0. The molecule has 1 aromatic rings. The molecule has 1 atom stereocenters. The van der Waals surface area contributed by atoms with Crippen LogP contribution < -0.4 is 0 Å². The van der Waals surface area contributed by atoms with E-state index in [1.54, 1.807) is 0 Å². The molecule has 0 saturated heterocycles. The van der Waals surface area contributed by atoms with Crippen LogP contribution in [0.3, 0.4) is 0 Å². The molecule has 1 rings (SSSR count).